The molecule has 0 saturated carbocycles. The predicted molar refractivity (Wildman–Crippen MR) is 78.3 cm³/mol. The van der Waals surface area contributed by atoms with Gasteiger partial charge in [0, 0.05) is 37.8 Å². The van der Waals surface area contributed by atoms with Crippen LogP contribution in [0.4, 0.5) is 5.82 Å². The highest BCUT2D eigenvalue weighted by molar-refractivity contribution is 5.78. The van der Waals surface area contributed by atoms with E-state index in [1.165, 1.54) is 0 Å². The molecule has 1 unspecified atom stereocenters. The SMILES string of the molecule is CNCC(C)C(=O)N1CCC(Nc2cccnn2)CC1. The van der Waals surface area contributed by atoms with E-state index in [0.717, 1.165) is 38.3 Å². The minimum atomic E-state index is 0.0458. The standard InChI is InChI=1S/C14H23N5O/c1-11(10-15-2)14(20)19-8-5-12(6-9-19)17-13-4-3-7-16-18-13/h3-4,7,11-12,15H,5-6,8-10H2,1-2H3,(H,17,18). The number of nitrogens with zero attached hydrogens (tertiary/aromatic N) is 3. The molecule has 20 heavy (non-hydrogen) atoms. The van der Waals surface area contributed by atoms with Crippen LogP contribution in [0.15, 0.2) is 18.3 Å². The zero-order valence-electron chi connectivity index (χ0n) is 12.2. The molecule has 1 saturated heterocycles. The van der Waals surface area contributed by atoms with Crippen LogP contribution in [0.1, 0.15) is 19.8 Å². The monoisotopic (exact) mass is 277 g/mol. The molecule has 1 aliphatic rings. The summed E-state index contributed by atoms with van der Waals surface area (Å²) in [7, 11) is 1.88. The first-order valence-corrected chi connectivity index (χ1v) is 7.18. The van der Waals surface area contributed by atoms with E-state index < -0.39 is 0 Å². The number of rotatable bonds is 5. The molecule has 0 radical (unpaired) electrons. The first-order chi connectivity index (χ1) is 9.70. The van der Waals surface area contributed by atoms with Crippen LogP contribution >= 0.6 is 0 Å². The molecule has 1 aromatic heterocycles. The summed E-state index contributed by atoms with van der Waals surface area (Å²) < 4.78 is 0. The predicted octanol–water partition coefficient (Wildman–Crippen LogP) is 0.735. The Morgan fingerprint density at radius 2 is 2.25 bits per heavy atom. The fourth-order valence-electron chi connectivity index (χ4n) is 2.54. The van der Waals surface area contributed by atoms with E-state index in [1.54, 1.807) is 6.20 Å². The number of carbonyl (C=O) groups excluding carboxylic acids is 1. The van der Waals surface area contributed by atoms with Crippen molar-refractivity contribution in [2.45, 2.75) is 25.8 Å². The molecule has 110 valence electrons. The second kappa shape index (κ2) is 7.19. The lowest BCUT2D eigenvalue weighted by atomic mass is 10.0. The lowest BCUT2D eigenvalue weighted by Gasteiger charge is -2.34. The van der Waals surface area contributed by atoms with Crippen LogP contribution in [-0.2, 0) is 4.79 Å². The maximum absolute atomic E-state index is 12.2. The molecular weight excluding hydrogens is 254 g/mol. The van der Waals surface area contributed by atoms with Crippen molar-refractivity contribution in [2.24, 2.45) is 5.92 Å². The van der Waals surface area contributed by atoms with Crippen LogP contribution in [0.2, 0.25) is 0 Å². The molecule has 1 fully saturated rings. The van der Waals surface area contributed by atoms with Crippen LogP contribution in [0.3, 0.4) is 0 Å². The van der Waals surface area contributed by atoms with Gasteiger partial charge in [0.05, 0.1) is 0 Å². The highest BCUT2D eigenvalue weighted by atomic mass is 16.2. The Morgan fingerprint density at radius 1 is 1.50 bits per heavy atom. The molecule has 1 atom stereocenters. The van der Waals surface area contributed by atoms with Gasteiger partial charge in [-0.15, -0.1) is 5.10 Å². The molecular formula is C14H23N5O. The van der Waals surface area contributed by atoms with E-state index in [1.807, 2.05) is 31.0 Å². The second-order valence-electron chi connectivity index (χ2n) is 5.31. The van der Waals surface area contributed by atoms with Gasteiger partial charge in [0.15, 0.2) is 0 Å². The first-order valence-electron chi connectivity index (χ1n) is 7.18. The third kappa shape index (κ3) is 3.90. The van der Waals surface area contributed by atoms with Crippen molar-refractivity contribution < 1.29 is 4.79 Å². The first kappa shape index (κ1) is 14.7. The van der Waals surface area contributed by atoms with E-state index >= 15 is 0 Å². The third-order valence-electron chi connectivity index (χ3n) is 3.66. The minimum absolute atomic E-state index is 0.0458. The summed E-state index contributed by atoms with van der Waals surface area (Å²) in [6.45, 7) is 4.33. The van der Waals surface area contributed by atoms with Crippen LogP contribution in [0.5, 0.6) is 0 Å². The number of piperidine rings is 1. The van der Waals surface area contributed by atoms with Crippen molar-refractivity contribution >= 4 is 11.7 Å². The van der Waals surface area contributed by atoms with Crippen LogP contribution in [0.25, 0.3) is 0 Å². The summed E-state index contributed by atoms with van der Waals surface area (Å²) in [6.07, 6.45) is 3.57. The highest BCUT2D eigenvalue weighted by Gasteiger charge is 2.25. The average molecular weight is 277 g/mol. The quantitative estimate of drug-likeness (QED) is 0.830. The van der Waals surface area contributed by atoms with Gasteiger partial charge in [0.2, 0.25) is 5.91 Å². The van der Waals surface area contributed by atoms with Gasteiger partial charge in [-0.3, -0.25) is 4.79 Å². The summed E-state index contributed by atoms with van der Waals surface area (Å²) in [5, 5.41) is 14.3. The van der Waals surface area contributed by atoms with Gasteiger partial charge in [0.1, 0.15) is 5.82 Å². The molecule has 2 N–H and O–H groups in total. The van der Waals surface area contributed by atoms with Gasteiger partial charge < -0.3 is 15.5 Å². The number of likely N-dealkylation sites (tertiary alicyclic amines) is 1. The number of nitrogens with one attached hydrogen (secondary N) is 2. The number of hydrogen-bond donors (Lipinski definition) is 2. The molecule has 2 rings (SSSR count). The summed E-state index contributed by atoms with van der Waals surface area (Å²) in [6, 6.07) is 4.16. The number of hydrogen-bond acceptors (Lipinski definition) is 5. The maximum atomic E-state index is 12.2. The molecule has 1 amide bonds. The average Bonchev–Trinajstić information content (AvgIpc) is 2.48. The molecule has 6 nitrogen and oxygen atoms in total. The lowest BCUT2D eigenvalue weighted by molar-refractivity contribution is -0.135. The largest absolute Gasteiger partial charge is 0.366 e. The van der Waals surface area contributed by atoms with Gasteiger partial charge in [-0.1, -0.05) is 6.92 Å². The molecule has 0 spiro atoms. The molecule has 0 aliphatic carbocycles. The zero-order valence-corrected chi connectivity index (χ0v) is 12.2. The Balaban J connectivity index is 1.79. The van der Waals surface area contributed by atoms with E-state index in [0.29, 0.717) is 6.04 Å². The Morgan fingerprint density at radius 3 is 2.85 bits per heavy atom. The fourth-order valence-corrected chi connectivity index (χ4v) is 2.54. The topological polar surface area (TPSA) is 70.2 Å². The summed E-state index contributed by atoms with van der Waals surface area (Å²) in [4.78, 5) is 14.2. The van der Waals surface area contributed by atoms with Crippen molar-refractivity contribution in [1.29, 1.82) is 0 Å². The normalized spacial score (nSPS) is 17.8. The molecule has 1 aliphatic heterocycles. The van der Waals surface area contributed by atoms with E-state index in [2.05, 4.69) is 20.8 Å². The van der Waals surface area contributed by atoms with Crippen molar-refractivity contribution in [3.8, 4) is 0 Å². The highest BCUT2D eigenvalue weighted by Crippen LogP contribution is 2.16. The van der Waals surface area contributed by atoms with Crippen LogP contribution < -0.4 is 10.6 Å². The summed E-state index contributed by atoms with van der Waals surface area (Å²) >= 11 is 0. The van der Waals surface area contributed by atoms with E-state index in [-0.39, 0.29) is 11.8 Å². The minimum Gasteiger partial charge on any atom is -0.366 e. The fraction of sp³-hybridized carbons (Fsp3) is 0.643. The Bertz CT molecular complexity index is 417. The second-order valence-corrected chi connectivity index (χ2v) is 5.31. The molecule has 6 heteroatoms. The van der Waals surface area contributed by atoms with Crippen molar-refractivity contribution in [3.05, 3.63) is 18.3 Å². The number of amides is 1. The maximum Gasteiger partial charge on any atom is 0.226 e. The molecule has 0 bridgehead atoms. The van der Waals surface area contributed by atoms with Crippen molar-refractivity contribution in [2.75, 3.05) is 32.0 Å². The zero-order chi connectivity index (χ0) is 14.4. The van der Waals surface area contributed by atoms with Gasteiger partial charge in [-0.2, -0.15) is 5.10 Å². The third-order valence-corrected chi connectivity index (χ3v) is 3.66. The summed E-state index contributed by atoms with van der Waals surface area (Å²) in [5.41, 5.74) is 0. The van der Waals surface area contributed by atoms with Crippen molar-refractivity contribution in [1.82, 2.24) is 20.4 Å². The van der Waals surface area contributed by atoms with Gasteiger partial charge in [-0.25, -0.2) is 0 Å². The van der Waals surface area contributed by atoms with E-state index in [4.69, 9.17) is 0 Å². The molecule has 2 heterocycles. The molecule has 0 aromatic carbocycles. The van der Waals surface area contributed by atoms with E-state index in [9.17, 15) is 4.79 Å². The Kier molecular flexibility index (Phi) is 5.29. The lowest BCUT2D eigenvalue weighted by Crippen LogP contribution is -2.45. The van der Waals surface area contributed by atoms with Gasteiger partial charge >= 0.3 is 0 Å². The van der Waals surface area contributed by atoms with Crippen LogP contribution in [0, 0.1) is 5.92 Å². The van der Waals surface area contributed by atoms with Crippen molar-refractivity contribution in [3.63, 3.8) is 0 Å². The number of aromatic nitrogens is 2. The Labute approximate surface area is 120 Å². The Hall–Kier alpha value is -1.69. The van der Waals surface area contributed by atoms with Crippen LogP contribution in [-0.4, -0.2) is 53.7 Å². The number of carbonyl (C=O) groups is 1. The van der Waals surface area contributed by atoms with Gasteiger partial charge in [0.25, 0.3) is 0 Å². The number of anilines is 1. The molecule has 1 aromatic rings. The van der Waals surface area contributed by atoms with Gasteiger partial charge in [-0.05, 0) is 32.0 Å². The smallest absolute Gasteiger partial charge is 0.226 e. The summed E-state index contributed by atoms with van der Waals surface area (Å²) in [5.74, 6) is 1.10.